The minimum Gasteiger partial charge on any atom is -0.444 e. The minimum atomic E-state index is -0.434. The van der Waals surface area contributed by atoms with Gasteiger partial charge in [-0.15, -0.1) is 0 Å². The van der Waals surface area contributed by atoms with E-state index in [0.29, 0.717) is 18.9 Å². The summed E-state index contributed by atoms with van der Waals surface area (Å²) in [5, 5.41) is 11.4. The SMILES string of the molecule is CC(C)(C)OC(=O)NCCC1CCN(CCC#N)CC1. The highest BCUT2D eigenvalue weighted by Gasteiger charge is 2.19. The molecule has 5 nitrogen and oxygen atoms in total. The van der Waals surface area contributed by atoms with Gasteiger partial charge >= 0.3 is 6.09 Å². The van der Waals surface area contributed by atoms with E-state index in [1.807, 2.05) is 20.8 Å². The first kappa shape index (κ1) is 16.8. The first-order valence-corrected chi connectivity index (χ1v) is 7.47. The highest BCUT2D eigenvalue weighted by Crippen LogP contribution is 2.20. The molecule has 0 aromatic carbocycles. The van der Waals surface area contributed by atoms with Gasteiger partial charge in [0.2, 0.25) is 0 Å². The zero-order valence-corrected chi connectivity index (χ0v) is 12.9. The number of rotatable bonds is 5. The van der Waals surface area contributed by atoms with E-state index >= 15 is 0 Å². The van der Waals surface area contributed by atoms with Crippen LogP contribution in [0.2, 0.25) is 0 Å². The molecule has 1 N–H and O–H groups in total. The Hall–Kier alpha value is -1.28. The second-order valence-electron chi connectivity index (χ2n) is 6.41. The van der Waals surface area contributed by atoms with Crippen LogP contribution in [-0.2, 0) is 4.74 Å². The minimum absolute atomic E-state index is 0.330. The molecule has 1 fully saturated rings. The van der Waals surface area contributed by atoms with E-state index in [1.165, 1.54) is 0 Å². The fourth-order valence-corrected chi connectivity index (χ4v) is 2.40. The molecule has 0 saturated carbocycles. The first-order valence-electron chi connectivity index (χ1n) is 7.47. The molecule has 1 aliphatic rings. The summed E-state index contributed by atoms with van der Waals surface area (Å²) in [4.78, 5) is 13.8. The van der Waals surface area contributed by atoms with Crippen LogP contribution in [0.4, 0.5) is 4.79 Å². The van der Waals surface area contributed by atoms with E-state index in [2.05, 4.69) is 16.3 Å². The number of likely N-dealkylation sites (tertiary alicyclic amines) is 1. The average Bonchev–Trinajstić information content (AvgIpc) is 2.35. The Morgan fingerprint density at radius 1 is 1.40 bits per heavy atom. The van der Waals surface area contributed by atoms with Crippen molar-refractivity contribution in [2.45, 2.75) is 52.1 Å². The second kappa shape index (κ2) is 8.11. The monoisotopic (exact) mass is 281 g/mol. The lowest BCUT2D eigenvalue weighted by Crippen LogP contribution is -2.36. The number of nitrogens with one attached hydrogen (secondary N) is 1. The maximum Gasteiger partial charge on any atom is 0.407 e. The van der Waals surface area contributed by atoms with Gasteiger partial charge in [0.15, 0.2) is 0 Å². The molecule has 0 atom stereocenters. The lowest BCUT2D eigenvalue weighted by Gasteiger charge is -2.31. The van der Waals surface area contributed by atoms with Crippen LogP contribution in [-0.4, -0.2) is 42.8 Å². The topological polar surface area (TPSA) is 65.4 Å². The molecule has 1 rings (SSSR count). The number of carbonyl (C=O) groups is 1. The molecule has 0 radical (unpaired) electrons. The van der Waals surface area contributed by atoms with Crippen molar-refractivity contribution in [3.05, 3.63) is 0 Å². The highest BCUT2D eigenvalue weighted by molar-refractivity contribution is 5.67. The lowest BCUT2D eigenvalue weighted by molar-refractivity contribution is 0.0522. The number of hydrogen-bond donors (Lipinski definition) is 1. The van der Waals surface area contributed by atoms with Gasteiger partial charge in [0.05, 0.1) is 6.07 Å². The summed E-state index contributed by atoms with van der Waals surface area (Å²) in [5.41, 5.74) is -0.434. The Morgan fingerprint density at radius 2 is 2.05 bits per heavy atom. The normalized spacial score (nSPS) is 17.5. The van der Waals surface area contributed by atoms with E-state index in [-0.39, 0.29) is 6.09 Å². The second-order valence-corrected chi connectivity index (χ2v) is 6.41. The molecule has 5 heteroatoms. The molecule has 20 heavy (non-hydrogen) atoms. The van der Waals surface area contributed by atoms with Gasteiger partial charge in [-0.3, -0.25) is 0 Å². The van der Waals surface area contributed by atoms with Crippen LogP contribution in [0.5, 0.6) is 0 Å². The smallest absolute Gasteiger partial charge is 0.407 e. The summed E-state index contributed by atoms with van der Waals surface area (Å²) in [5.74, 6) is 0.670. The van der Waals surface area contributed by atoms with Gasteiger partial charge < -0.3 is 15.0 Å². The van der Waals surface area contributed by atoms with Gasteiger partial charge in [0.1, 0.15) is 5.60 Å². The summed E-state index contributed by atoms with van der Waals surface area (Å²) in [6, 6.07) is 2.19. The molecular weight excluding hydrogens is 254 g/mol. The number of amides is 1. The zero-order chi connectivity index (χ0) is 15.0. The Labute approximate surface area is 122 Å². The third kappa shape index (κ3) is 7.34. The van der Waals surface area contributed by atoms with Gasteiger partial charge in [-0.25, -0.2) is 4.79 Å². The molecule has 1 heterocycles. The van der Waals surface area contributed by atoms with Crippen LogP contribution in [0.25, 0.3) is 0 Å². The van der Waals surface area contributed by atoms with Crippen LogP contribution in [0, 0.1) is 17.2 Å². The van der Waals surface area contributed by atoms with E-state index in [0.717, 1.165) is 38.9 Å². The third-order valence-corrected chi connectivity index (χ3v) is 3.47. The Balaban J connectivity index is 2.10. The van der Waals surface area contributed by atoms with Crippen molar-refractivity contribution < 1.29 is 9.53 Å². The van der Waals surface area contributed by atoms with E-state index in [1.54, 1.807) is 0 Å². The maximum absolute atomic E-state index is 11.5. The molecule has 0 aromatic heterocycles. The van der Waals surface area contributed by atoms with Crippen molar-refractivity contribution in [1.29, 1.82) is 5.26 Å². The van der Waals surface area contributed by atoms with Crippen molar-refractivity contribution in [2.75, 3.05) is 26.2 Å². The van der Waals surface area contributed by atoms with Crippen molar-refractivity contribution in [3.8, 4) is 6.07 Å². The molecule has 1 saturated heterocycles. The summed E-state index contributed by atoms with van der Waals surface area (Å²) in [7, 11) is 0. The molecule has 0 bridgehead atoms. The number of carbonyl (C=O) groups excluding carboxylic acids is 1. The van der Waals surface area contributed by atoms with Crippen LogP contribution >= 0.6 is 0 Å². The average molecular weight is 281 g/mol. The van der Waals surface area contributed by atoms with Gasteiger partial charge in [0.25, 0.3) is 0 Å². The fraction of sp³-hybridized carbons (Fsp3) is 0.867. The summed E-state index contributed by atoms with van der Waals surface area (Å²) < 4.78 is 5.20. The third-order valence-electron chi connectivity index (χ3n) is 3.47. The van der Waals surface area contributed by atoms with Gasteiger partial charge in [0, 0.05) is 19.5 Å². The van der Waals surface area contributed by atoms with Gasteiger partial charge in [-0.1, -0.05) is 0 Å². The maximum atomic E-state index is 11.5. The van der Waals surface area contributed by atoms with Crippen LogP contribution < -0.4 is 5.32 Å². The number of ether oxygens (including phenoxy) is 1. The molecule has 1 aliphatic heterocycles. The molecule has 0 aliphatic carbocycles. The predicted octanol–water partition coefficient (Wildman–Crippen LogP) is 2.53. The van der Waals surface area contributed by atoms with E-state index in [4.69, 9.17) is 10.00 Å². The van der Waals surface area contributed by atoms with Crippen LogP contribution in [0.3, 0.4) is 0 Å². The Morgan fingerprint density at radius 3 is 2.60 bits per heavy atom. The number of alkyl carbamates (subject to hydrolysis) is 1. The number of hydrogen-bond acceptors (Lipinski definition) is 4. The highest BCUT2D eigenvalue weighted by atomic mass is 16.6. The number of nitrogens with zero attached hydrogens (tertiary/aromatic N) is 2. The molecule has 0 spiro atoms. The Bertz CT molecular complexity index is 336. The quantitative estimate of drug-likeness (QED) is 0.841. The van der Waals surface area contributed by atoms with Gasteiger partial charge in [-0.05, 0) is 59.0 Å². The van der Waals surface area contributed by atoms with Crippen LogP contribution in [0.1, 0.15) is 46.5 Å². The molecule has 0 unspecified atom stereocenters. The van der Waals surface area contributed by atoms with Crippen LogP contribution in [0.15, 0.2) is 0 Å². The lowest BCUT2D eigenvalue weighted by atomic mass is 9.93. The summed E-state index contributed by atoms with van der Waals surface area (Å²) in [6.07, 6.45) is 3.60. The molecule has 0 aromatic rings. The first-order chi connectivity index (χ1) is 9.40. The standard InChI is InChI=1S/C15H27N3O2/c1-15(2,3)20-14(19)17-9-5-13-6-11-18(12-7-13)10-4-8-16/h13H,4-7,9-12H2,1-3H3,(H,17,19). The summed E-state index contributed by atoms with van der Waals surface area (Å²) in [6.45, 7) is 9.30. The largest absolute Gasteiger partial charge is 0.444 e. The van der Waals surface area contributed by atoms with E-state index < -0.39 is 5.60 Å². The molecule has 1 amide bonds. The van der Waals surface area contributed by atoms with E-state index in [9.17, 15) is 4.79 Å². The summed E-state index contributed by atoms with van der Waals surface area (Å²) >= 11 is 0. The van der Waals surface area contributed by atoms with Crippen molar-refractivity contribution in [2.24, 2.45) is 5.92 Å². The fourth-order valence-electron chi connectivity index (χ4n) is 2.40. The predicted molar refractivity (Wildman–Crippen MR) is 78.2 cm³/mol. The molecular formula is C15H27N3O2. The number of piperidine rings is 1. The Kier molecular flexibility index (Phi) is 6.80. The van der Waals surface area contributed by atoms with Crippen molar-refractivity contribution in [1.82, 2.24) is 10.2 Å². The van der Waals surface area contributed by atoms with Crippen molar-refractivity contribution >= 4 is 6.09 Å². The van der Waals surface area contributed by atoms with Gasteiger partial charge in [-0.2, -0.15) is 5.26 Å². The van der Waals surface area contributed by atoms with Crippen molar-refractivity contribution in [3.63, 3.8) is 0 Å². The number of nitriles is 1. The zero-order valence-electron chi connectivity index (χ0n) is 12.9. The molecule has 114 valence electrons.